The van der Waals surface area contributed by atoms with Gasteiger partial charge < -0.3 is 9.73 Å². The second kappa shape index (κ2) is 7.17. The van der Waals surface area contributed by atoms with E-state index in [2.05, 4.69) is 10.4 Å². The van der Waals surface area contributed by atoms with Crippen molar-refractivity contribution >= 4 is 11.7 Å². The average Bonchev–Trinajstić information content (AvgIpc) is 3.25. The second-order valence-electron chi connectivity index (χ2n) is 5.90. The number of amides is 1. The fraction of sp³-hybridized carbons (Fsp3) is 0.211. The van der Waals surface area contributed by atoms with Crippen LogP contribution in [0.5, 0.6) is 0 Å². The van der Waals surface area contributed by atoms with Gasteiger partial charge in [0.1, 0.15) is 0 Å². The number of carbonyl (C=O) groups excluding carboxylic acids is 2. The first-order valence-corrected chi connectivity index (χ1v) is 8.04. The molecule has 1 atom stereocenters. The van der Waals surface area contributed by atoms with Gasteiger partial charge in [-0.3, -0.25) is 9.59 Å². The molecular weight excluding hydrogens is 318 g/mol. The van der Waals surface area contributed by atoms with Crippen molar-refractivity contribution in [3.8, 4) is 5.69 Å². The van der Waals surface area contributed by atoms with E-state index in [1.807, 2.05) is 37.3 Å². The van der Waals surface area contributed by atoms with Crippen LogP contribution in [0.25, 0.3) is 5.69 Å². The maximum absolute atomic E-state index is 12.4. The zero-order chi connectivity index (χ0) is 17.8. The van der Waals surface area contributed by atoms with Crippen LogP contribution in [-0.2, 0) is 0 Å². The molecule has 0 aliphatic rings. The highest BCUT2D eigenvalue weighted by Crippen LogP contribution is 2.12. The van der Waals surface area contributed by atoms with Crippen molar-refractivity contribution in [3.63, 3.8) is 0 Å². The van der Waals surface area contributed by atoms with Crippen molar-refractivity contribution in [1.29, 1.82) is 0 Å². The lowest BCUT2D eigenvalue weighted by Gasteiger charge is -2.11. The van der Waals surface area contributed by atoms with Crippen LogP contribution in [-0.4, -0.2) is 27.5 Å². The molecule has 3 rings (SSSR count). The van der Waals surface area contributed by atoms with Gasteiger partial charge >= 0.3 is 0 Å². The molecule has 2 heterocycles. The number of Topliss-reactive ketones (excluding diaryl/α,β-unsaturated/α-hetero) is 1. The maximum Gasteiger partial charge on any atom is 0.272 e. The number of furan rings is 1. The molecule has 0 spiro atoms. The van der Waals surface area contributed by atoms with Crippen molar-refractivity contribution in [1.82, 2.24) is 15.1 Å². The first kappa shape index (κ1) is 16.7. The van der Waals surface area contributed by atoms with Crippen molar-refractivity contribution in [2.45, 2.75) is 26.3 Å². The SMILES string of the molecule is Cc1cc(C(=O)NC(C)CC(=O)c2ccco2)nn1-c1ccccc1. The van der Waals surface area contributed by atoms with E-state index in [0.717, 1.165) is 11.4 Å². The molecule has 0 fully saturated rings. The van der Waals surface area contributed by atoms with Gasteiger partial charge in [-0.25, -0.2) is 4.68 Å². The summed E-state index contributed by atoms with van der Waals surface area (Å²) in [6.07, 6.45) is 1.62. The minimum absolute atomic E-state index is 0.149. The molecule has 1 amide bonds. The quantitative estimate of drug-likeness (QED) is 0.701. The summed E-state index contributed by atoms with van der Waals surface area (Å²) in [5.74, 6) is -0.161. The molecule has 0 bridgehead atoms. The fourth-order valence-corrected chi connectivity index (χ4v) is 2.58. The van der Waals surface area contributed by atoms with E-state index in [9.17, 15) is 9.59 Å². The van der Waals surface area contributed by atoms with Crippen molar-refractivity contribution < 1.29 is 14.0 Å². The highest BCUT2D eigenvalue weighted by atomic mass is 16.3. The average molecular weight is 337 g/mol. The molecule has 0 radical (unpaired) electrons. The summed E-state index contributed by atoms with van der Waals surface area (Å²) in [5, 5.41) is 7.17. The maximum atomic E-state index is 12.4. The van der Waals surface area contributed by atoms with Crippen LogP contribution in [0.2, 0.25) is 0 Å². The molecule has 0 saturated heterocycles. The molecule has 3 aromatic rings. The van der Waals surface area contributed by atoms with E-state index in [4.69, 9.17) is 4.42 Å². The van der Waals surface area contributed by atoms with Gasteiger partial charge in [0.2, 0.25) is 0 Å². The molecule has 1 aromatic carbocycles. The number of hydrogen-bond acceptors (Lipinski definition) is 4. The summed E-state index contributed by atoms with van der Waals surface area (Å²) in [7, 11) is 0. The van der Waals surface area contributed by atoms with Crippen molar-refractivity contribution in [3.05, 3.63) is 71.9 Å². The summed E-state index contributed by atoms with van der Waals surface area (Å²) in [6, 6.07) is 14.3. The summed E-state index contributed by atoms with van der Waals surface area (Å²) >= 11 is 0. The van der Waals surface area contributed by atoms with E-state index in [1.165, 1.54) is 6.26 Å². The van der Waals surface area contributed by atoms with Gasteiger partial charge in [-0.2, -0.15) is 5.10 Å². The lowest BCUT2D eigenvalue weighted by molar-refractivity contribution is 0.0904. The third-order valence-corrected chi connectivity index (χ3v) is 3.79. The molecule has 6 nitrogen and oxygen atoms in total. The first-order chi connectivity index (χ1) is 12.0. The Hall–Kier alpha value is -3.15. The summed E-state index contributed by atoms with van der Waals surface area (Å²) in [5.41, 5.74) is 2.06. The number of para-hydroxylation sites is 1. The van der Waals surface area contributed by atoms with E-state index < -0.39 is 0 Å². The van der Waals surface area contributed by atoms with Gasteiger partial charge in [-0.05, 0) is 44.2 Å². The molecular formula is C19H19N3O3. The number of aromatic nitrogens is 2. The molecule has 6 heteroatoms. The predicted molar refractivity (Wildman–Crippen MR) is 92.9 cm³/mol. The highest BCUT2D eigenvalue weighted by molar-refractivity contribution is 5.95. The van der Waals surface area contributed by atoms with Gasteiger partial charge in [0, 0.05) is 18.2 Å². The number of benzene rings is 1. The minimum Gasteiger partial charge on any atom is -0.461 e. The van der Waals surface area contributed by atoms with Crippen LogP contribution < -0.4 is 5.32 Å². The molecule has 0 aliphatic carbocycles. The van der Waals surface area contributed by atoms with Gasteiger partial charge in [0.25, 0.3) is 5.91 Å². The van der Waals surface area contributed by atoms with Crippen LogP contribution in [0.3, 0.4) is 0 Å². The zero-order valence-electron chi connectivity index (χ0n) is 14.1. The number of nitrogens with zero attached hydrogens (tertiary/aromatic N) is 2. The van der Waals surface area contributed by atoms with E-state index in [0.29, 0.717) is 11.5 Å². The molecule has 2 aromatic heterocycles. The largest absolute Gasteiger partial charge is 0.461 e. The van der Waals surface area contributed by atoms with E-state index in [1.54, 1.807) is 29.8 Å². The number of rotatable bonds is 6. The van der Waals surface area contributed by atoms with Crippen LogP contribution >= 0.6 is 0 Å². The number of hydrogen-bond donors (Lipinski definition) is 1. The summed E-state index contributed by atoms with van der Waals surface area (Å²) in [6.45, 7) is 3.67. The fourth-order valence-electron chi connectivity index (χ4n) is 2.58. The Morgan fingerprint density at radius 1 is 1.20 bits per heavy atom. The Bertz CT molecular complexity index is 867. The number of aryl methyl sites for hydroxylation is 1. The van der Waals surface area contributed by atoms with Crippen LogP contribution in [0, 0.1) is 6.92 Å². The third-order valence-electron chi connectivity index (χ3n) is 3.79. The summed E-state index contributed by atoms with van der Waals surface area (Å²) < 4.78 is 6.79. The normalized spacial score (nSPS) is 11.9. The van der Waals surface area contributed by atoms with E-state index >= 15 is 0 Å². The smallest absolute Gasteiger partial charge is 0.272 e. The molecule has 1 unspecified atom stereocenters. The second-order valence-corrected chi connectivity index (χ2v) is 5.90. The van der Waals surface area contributed by atoms with Crippen LogP contribution in [0.1, 0.15) is 40.1 Å². The van der Waals surface area contributed by atoms with Gasteiger partial charge in [0.15, 0.2) is 17.2 Å². The topological polar surface area (TPSA) is 77.1 Å². The van der Waals surface area contributed by atoms with Crippen molar-refractivity contribution in [2.24, 2.45) is 0 Å². The van der Waals surface area contributed by atoms with Gasteiger partial charge in [0.05, 0.1) is 12.0 Å². The molecule has 25 heavy (non-hydrogen) atoms. The number of carbonyl (C=O) groups is 2. The Balaban J connectivity index is 1.66. The number of nitrogens with one attached hydrogen (secondary N) is 1. The molecule has 1 N–H and O–H groups in total. The third kappa shape index (κ3) is 3.85. The lowest BCUT2D eigenvalue weighted by atomic mass is 10.1. The molecule has 0 saturated carbocycles. The van der Waals surface area contributed by atoms with Crippen LogP contribution in [0.15, 0.2) is 59.2 Å². The minimum atomic E-state index is -0.327. The van der Waals surface area contributed by atoms with Gasteiger partial charge in [-0.15, -0.1) is 0 Å². The highest BCUT2D eigenvalue weighted by Gasteiger charge is 2.18. The standard InChI is InChI=1S/C19H19N3O3/c1-13(11-17(23)18-9-6-10-25-18)20-19(24)16-12-14(2)22(21-16)15-7-4-3-5-8-15/h3-10,12-13H,11H2,1-2H3,(H,20,24). The summed E-state index contributed by atoms with van der Waals surface area (Å²) in [4.78, 5) is 24.4. The lowest BCUT2D eigenvalue weighted by Crippen LogP contribution is -2.34. The predicted octanol–water partition coefficient (Wildman–Crippen LogP) is 3.17. The Morgan fingerprint density at radius 3 is 2.64 bits per heavy atom. The molecule has 0 aliphatic heterocycles. The zero-order valence-corrected chi connectivity index (χ0v) is 14.1. The molecule has 128 valence electrons. The Morgan fingerprint density at radius 2 is 1.96 bits per heavy atom. The van der Waals surface area contributed by atoms with Crippen molar-refractivity contribution in [2.75, 3.05) is 0 Å². The number of ketones is 1. The monoisotopic (exact) mass is 337 g/mol. The Labute approximate surface area is 145 Å². The van der Waals surface area contributed by atoms with E-state index in [-0.39, 0.29) is 24.2 Å². The first-order valence-electron chi connectivity index (χ1n) is 8.04. The Kier molecular flexibility index (Phi) is 4.79. The van der Waals surface area contributed by atoms with Gasteiger partial charge in [-0.1, -0.05) is 18.2 Å². The van der Waals surface area contributed by atoms with Crippen LogP contribution in [0.4, 0.5) is 0 Å².